The summed E-state index contributed by atoms with van der Waals surface area (Å²) in [4.78, 5) is 33.0. The van der Waals surface area contributed by atoms with Crippen LogP contribution in [0.4, 0.5) is 10.6 Å². The van der Waals surface area contributed by atoms with Gasteiger partial charge in [-0.3, -0.25) is 0 Å². The molecule has 0 spiro atoms. The van der Waals surface area contributed by atoms with E-state index in [9.17, 15) is 9.59 Å². The number of piperazine rings is 1. The molecule has 1 aromatic rings. The Hall–Kier alpha value is -2.31. The van der Waals surface area contributed by atoms with Gasteiger partial charge in [-0.25, -0.2) is 14.6 Å². The van der Waals surface area contributed by atoms with E-state index in [0.29, 0.717) is 17.8 Å². The smallest absolute Gasteiger partial charge is 0.410 e. The van der Waals surface area contributed by atoms with Crippen LogP contribution < -0.4 is 4.90 Å². The maximum Gasteiger partial charge on any atom is 0.410 e. The zero-order valence-electron chi connectivity index (χ0n) is 16.3. The lowest BCUT2D eigenvalue weighted by Gasteiger charge is -2.36. The average molecular weight is 361 g/mol. The van der Waals surface area contributed by atoms with Crippen molar-refractivity contribution in [1.82, 2.24) is 9.88 Å². The molecule has 0 unspecified atom stereocenters. The predicted molar refractivity (Wildman–Crippen MR) is 97.5 cm³/mol. The van der Waals surface area contributed by atoms with Crippen LogP contribution in [0.5, 0.6) is 0 Å². The molecule has 26 heavy (non-hydrogen) atoms. The van der Waals surface area contributed by atoms with E-state index in [-0.39, 0.29) is 24.1 Å². The first-order chi connectivity index (χ1) is 12.1. The Morgan fingerprint density at radius 1 is 1.19 bits per heavy atom. The maximum atomic E-state index is 12.4. The highest BCUT2D eigenvalue weighted by Gasteiger charge is 2.47. The number of aryl methyl sites for hydroxylation is 2. The van der Waals surface area contributed by atoms with Crippen molar-refractivity contribution < 1.29 is 19.1 Å². The van der Waals surface area contributed by atoms with E-state index >= 15 is 0 Å². The zero-order chi connectivity index (χ0) is 19.2. The summed E-state index contributed by atoms with van der Waals surface area (Å²) in [6.45, 7) is 10.7. The lowest BCUT2D eigenvalue weighted by Crippen LogP contribution is -2.50. The van der Waals surface area contributed by atoms with Gasteiger partial charge < -0.3 is 19.3 Å². The van der Waals surface area contributed by atoms with Crippen LogP contribution in [-0.2, 0) is 9.47 Å². The SMILES string of the molecule is COC(=O)c1c(C)cc(N2C[C@@H]3C[C@H]2CN3C(=O)OC(C)(C)C)nc1C. The molecule has 2 aliphatic heterocycles. The number of esters is 1. The second kappa shape index (κ2) is 6.45. The van der Waals surface area contributed by atoms with Crippen LogP contribution in [0.1, 0.15) is 48.8 Å². The maximum absolute atomic E-state index is 12.4. The highest BCUT2D eigenvalue weighted by Crippen LogP contribution is 2.35. The number of carbonyl (C=O) groups is 2. The van der Waals surface area contributed by atoms with Crippen molar-refractivity contribution in [3.8, 4) is 0 Å². The first-order valence-electron chi connectivity index (χ1n) is 8.93. The first-order valence-corrected chi connectivity index (χ1v) is 8.93. The first kappa shape index (κ1) is 18.5. The Kier molecular flexibility index (Phi) is 4.58. The van der Waals surface area contributed by atoms with Gasteiger partial charge in [-0.05, 0) is 52.7 Å². The van der Waals surface area contributed by atoms with Gasteiger partial charge in [0.25, 0.3) is 0 Å². The Balaban J connectivity index is 1.75. The number of hydrogen-bond acceptors (Lipinski definition) is 6. The molecule has 7 heteroatoms. The lowest BCUT2D eigenvalue weighted by molar-refractivity contribution is 0.0214. The largest absolute Gasteiger partial charge is 0.465 e. The standard InChI is InChI=1S/C19H27N3O4/c1-11-7-15(20-12(2)16(11)17(23)25-6)21-9-14-8-13(21)10-22(14)18(24)26-19(3,4)5/h7,13-14H,8-10H2,1-6H3/t13-,14-/m0/s1. The topological polar surface area (TPSA) is 72.0 Å². The van der Waals surface area contributed by atoms with Crippen molar-refractivity contribution in [2.45, 2.75) is 58.7 Å². The van der Waals surface area contributed by atoms with Gasteiger partial charge in [-0.1, -0.05) is 0 Å². The molecule has 7 nitrogen and oxygen atoms in total. The second-order valence-corrected chi connectivity index (χ2v) is 8.08. The van der Waals surface area contributed by atoms with Crippen molar-refractivity contribution in [3.05, 3.63) is 22.9 Å². The van der Waals surface area contributed by atoms with Crippen molar-refractivity contribution in [1.29, 1.82) is 0 Å². The molecule has 2 atom stereocenters. The lowest BCUT2D eigenvalue weighted by atomic mass is 10.1. The fourth-order valence-corrected chi connectivity index (χ4v) is 3.86. The molecular weight excluding hydrogens is 334 g/mol. The number of ether oxygens (including phenoxy) is 2. The number of nitrogens with zero attached hydrogens (tertiary/aromatic N) is 3. The summed E-state index contributed by atoms with van der Waals surface area (Å²) in [5.74, 6) is 0.488. The molecular formula is C19H27N3O4. The molecule has 2 saturated heterocycles. The molecule has 2 bridgehead atoms. The van der Waals surface area contributed by atoms with Crippen molar-refractivity contribution >= 4 is 17.9 Å². The van der Waals surface area contributed by atoms with Crippen molar-refractivity contribution in [3.63, 3.8) is 0 Å². The molecule has 2 aliphatic rings. The van der Waals surface area contributed by atoms with Crippen LogP contribution >= 0.6 is 0 Å². The van der Waals surface area contributed by atoms with Gasteiger partial charge in [-0.2, -0.15) is 0 Å². The highest BCUT2D eigenvalue weighted by molar-refractivity contribution is 5.92. The quantitative estimate of drug-likeness (QED) is 0.754. The van der Waals surface area contributed by atoms with Crippen LogP contribution in [0, 0.1) is 13.8 Å². The number of likely N-dealkylation sites (tertiary alicyclic amines) is 1. The van der Waals surface area contributed by atoms with E-state index in [1.807, 2.05) is 45.6 Å². The summed E-state index contributed by atoms with van der Waals surface area (Å²) < 4.78 is 10.4. The summed E-state index contributed by atoms with van der Waals surface area (Å²) in [7, 11) is 1.37. The predicted octanol–water partition coefficient (Wildman–Crippen LogP) is 2.68. The summed E-state index contributed by atoms with van der Waals surface area (Å²) in [6, 6.07) is 2.29. The third-order valence-corrected chi connectivity index (χ3v) is 4.94. The Morgan fingerprint density at radius 3 is 2.38 bits per heavy atom. The highest BCUT2D eigenvalue weighted by atomic mass is 16.6. The molecule has 1 aromatic heterocycles. The van der Waals surface area contributed by atoms with E-state index in [1.165, 1.54) is 7.11 Å². The van der Waals surface area contributed by atoms with Gasteiger partial charge in [0.15, 0.2) is 0 Å². The fraction of sp³-hybridized carbons (Fsp3) is 0.632. The minimum atomic E-state index is -0.488. The molecule has 0 saturated carbocycles. The van der Waals surface area contributed by atoms with Crippen LogP contribution in [0.3, 0.4) is 0 Å². The van der Waals surface area contributed by atoms with E-state index in [0.717, 1.165) is 24.3 Å². The van der Waals surface area contributed by atoms with Crippen molar-refractivity contribution in [2.75, 3.05) is 25.1 Å². The van der Waals surface area contributed by atoms with E-state index in [1.54, 1.807) is 0 Å². The molecule has 1 amide bonds. The zero-order valence-corrected chi connectivity index (χ0v) is 16.3. The monoisotopic (exact) mass is 361 g/mol. The molecule has 3 heterocycles. The van der Waals surface area contributed by atoms with Crippen LogP contribution in [0.15, 0.2) is 6.07 Å². The van der Waals surface area contributed by atoms with Gasteiger partial charge in [0, 0.05) is 13.1 Å². The Bertz CT molecular complexity index is 718. The summed E-state index contributed by atoms with van der Waals surface area (Å²) in [6.07, 6.45) is 0.670. The number of anilines is 1. The van der Waals surface area contributed by atoms with E-state index < -0.39 is 5.60 Å². The summed E-state index contributed by atoms with van der Waals surface area (Å²) >= 11 is 0. The van der Waals surface area contributed by atoms with Gasteiger partial charge in [0.05, 0.1) is 30.5 Å². The molecule has 3 rings (SSSR count). The average Bonchev–Trinajstić information content (AvgIpc) is 3.12. The minimum Gasteiger partial charge on any atom is -0.465 e. The number of hydrogen-bond donors (Lipinski definition) is 0. The number of amides is 1. The Labute approximate surface area is 154 Å². The van der Waals surface area contributed by atoms with Crippen LogP contribution in [-0.4, -0.2) is 59.8 Å². The number of methoxy groups -OCH3 is 1. The minimum absolute atomic E-state index is 0.137. The summed E-state index contributed by atoms with van der Waals surface area (Å²) in [5.41, 5.74) is 1.55. The normalized spacial score (nSPS) is 21.9. The number of rotatable bonds is 2. The van der Waals surface area contributed by atoms with E-state index in [2.05, 4.69) is 9.88 Å². The van der Waals surface area contributed by atoms with Gasteiger partial charge >= 0.3 is 12.1 Å². The number of fused-ring (bicyclic) bond motifs is 2. The molecule has 0 radical (unpaired) electrons. The van der Waals surface area contributed by atoms with Gasteiger partial charge in [-0.15, -0.1) is 0 Å². The third-order valence-electron chi connectivity index (χ3n) is 4.94. The van der Waals surface area contributed by atoms with Gasteiger partial charge in [0.2, 0.25) is 0 Å². The molecule has 142 valence electrons. The molecule has 0 aliphatic carbocycles. The van der Waals surface area contributed by atoms with Crippen LogP contribution in [0.2, 0.25) is 0 Å². The molecule has 0 aromatic carbocycles. The van der Waals surface area contributed by atoms with E-state index in [4.69, 9.17) is 9.47 Å². The summed E-state index contributed by atoms with van der Waals surface area (Å²) in [5, 5.41) is 0. The van der Waals surface area contributed by atoms with Crippen LogP contribution in [0.25, 0.3) is 0 Å². The third kappa shape index (κ3) is 3.34. The second-order valence-electron chi connectivity index (χ2n) is 8.08. The number of carbonyl (C=O) groups excluding carboxylic acids is 2. The number of pyridine rings is 1. The Morgan fingerprint density at radius 2 is 1.88 bits per heavy atom. The fourth-order valence-electron chi connectivity index (χ4n) is 3.86. The van der Waals surface area contributed by atoms with Gasteiger partial charge in [0.1, 0.15) is 11.4 Å². The van der Waals surface area contributed by atoms with Crippen molar-refractivity contribution in [2.24, 2.45) is 0 Å². The molecule has 2 fully saturated rings. The number of aromatic nitrogens is 1. The molecule has 0 N–H and O–H groups in total.